The molecular formula is C11H24NO+. The molecule has 0 aromatic rings. The molecular weight excluding hydrogens is 162 g/mol. The smallest absolute Gasteiger partial charge is 0.138 e. The average molecular weight is 186 g/mol. The lowest BCUT2D eigenvalue weighted by Gasteiger charge is -2.28. The Labute approximate surface area is 82.5 Å². The van der Waals surface area contributed by atoms with Crippen molar-refractivity contribution in [1.29, 1.82) is 0 Å². The van der Waals surface area contributed by atoms with Crippen LogP contribution in [0.5, 0.6) is 0 Å². The summed E-state index contributed by atoms with van der Waals surface area (Å²) in [7, 11) is 6.41. The normalized spacial score (nSPS) is 14.7. The van der Waals surface area contributed by atoms with E-state index in [-0.39, 0.29) is 5.92 Å². The molecule has 2 nitrogen and oxygen atoms in total. The van der Waals surface area contributed by atoms with Crippen LogP contribution in [0.25, 0.3) is 0 Å². The average Bonchev–Trinajstić information content (AvgIpc) is 1.81. The molecule has 0 aromatic heterocycles. The maximum Gasteiger partial charge on any atom is 0.138 e. The Morgan fingerprint density at radius 3 is 1.92 bits per heavy atom. The molecule has 0 rings (SSSR count). The van der Waals surface area contributed by atoms with E-state index in [1.54, 1.807) is 6.92 Å². The highest BCUT2D eigenvalue weighted by Crippen LogP contribution is 2.15. The molecule has 0 unspecified atom stereocenters. The van der Waals surface area contributed by atoms with E-state index in [4.69, 9.17) is 0 Å². The first-order valence-electron chi connectivity index (χ1n) is 5.03. The molecule has 2 heteroatoms. The Morgan fingerprint density at radius 1 is 1.23 bits per heavy atom. The van der Waals surface area contributed by atoms with Crippen LogP contribution in [0, 0.1) is 11.8 Å². The van der Waals surface area contributed by atoms with Crippen molar-refractivity contribution in [3.8, 4) is 0 Å². The van der Waals surface area contributed by atoms with Crippen molar-refractivity contribution in [2.45, 2.75) is 27.2 Å². The van der Waals surface area contributed by atoms with Crippen LogP contribution in [0.2, 0.25) is 0 Å². The fourth-order valence-corrected chi connectivity index (χ4v) is 1.60. The van der Waals surface area contributed by atoms with Gasteiger partial charge in [-0.1, -0.05) is 13.8 Å². The minimum absolute atomic E-state index is 0.236. The van der Waals surface area contributed by atoms with Gasteiger partial charge in [0, 0.05) is 0 Å². The molecule has 0 saturated carbocycles. The predicted octanol–water partition coefficient (Wildman–Crippen LogP) is 1.94. The zero-order valence-electron chi connectivity index (χ0n) is 9.92. The second-order valence-corrected chi connectivity index (χ2v) is 5.41. The third kappa shape index (κ3) is 6.76. The largest absolute Gasteiger partial charge is 0.330 e. The molecule has 0 saturated heterocycles. The zero-order valence-corrected chi connectivity index (χ0v) is 9.92. The summed E-state index contributed by atoms with van der Waals surface area (Å²) in [6.07, 6.45) is 1.02. The molecule has 0 bridgehead atoms. The van der Waals surface area contributed by atoms with Crippen molar-refractivity contribution in [3.63, 3.8) is 0 Å². The maximum absolute atomic E-state index is 11.3. The molecule has 0 aliphatic carbocycles. The summed E-state index contributed by atoms with van der Waals surface area (Å²) in [6.45, 7) is 7.01. The number of hydrogen-bond acceptors (Lipinski definition) is 1. The van der Waals surface area contributed by atoms with Gasteiger partial charge in [0.1, 0.15) is 5.78 Å². The van der Waals surface area contributed by atoms with E-state index in [2.05, 4.69) is 35.0 Å². The molecule has 78 valence electrons. The van der Waals surface area contributed by atoms with Crippen LogP contribution in [0.3, 0.4) is 0 Å². The molecule has 0 heterocycles. The number of carbonyl (C=O) groups is 1. The molecule has 0 aliphatic heterocycles. The lowest BCUT2D eigenvalue weighted by molar-refractivity contribution is -0.872. The van der Waals surface area contributed by atoms with E-state index in [1.807, 2.05) is 0 Å². The van der Waals surface area contributed by atoms with Gasteiger partial charge in [-0.15, -0.1) is 0 Å². The first-order valence-corrected chi connectivity index (χ1v) is 5.03. The number of quaternary nitrogens is 1. The number of hydrogen-bond donors (Lipinski definition) is 0. The van der Waals surface area contributed by atoms with Gasteiger partial charge in [0.2, 0.25) is 0 Å². The molecule has 0 amide bonds. The number of nitrogens with zero attached hydrogens (tertiary/aromatic N) is 1. The predicted molar refractivity (Wildman–Crippen MR) is 56.5 cm³/mol. The van der Waals surface area contributed by atoms with Crippen LogP contribution in [-0.4, -0.2) is 38.0 Å². The van der Waals surface area contributed by atoms with Crippen molar-refractivity contribution < 1.29 is 9.28 Å². The van der Waals surface area contributed by atoms with Crippen molar-refractivity contribution in [2.75, 3.05) is 27.7 Å². The van der Waals surface area contributed by atoms with Gasteiger partial charge in [-0.05, 0) is 19.3 Å². The minimum Gasteiger partial charge on any atom is -0.330 e. The summed E-state index contributed by atoms with van der Waals surface area (Å²) in [6, 6.07) is 0. The van der Waals surface area contributed by atoms with Crippen LogP contribution < -0.4 is 0 Å². The lowest BCUT2D eigenvalue weighted by atomic mass is 9.93. The molecule has 0 aliphatic rings. The quantitative estimate of drug-likeness (QED) is 0.600. The Kier molecular flexibility index (Phi) is 4.62. The van der Waals surface area contributed by atoms with Crippen LogP contribution in [0.15, 0.2) is 0 Å². The van der Waals surface area contributed by atoms with Gasteiger partial charge in [0.05, 0.1) is 33.6 Å². The molecule has 0 fully saturated rings. The number of Topliss-reactive ketones (excluding diaryl/α,β-unsaturated/α-hetero) is 1. The summed E-state index contributed by atoms with van der Waals surface area (Å²) in [5.74, 6) is 1.18. The SMILES string of the molecule is CC(=O)[C@@H](CC(C)C)C[N+](C)(C)C. The fraction of sp³-hybridized carbons (Fsp3) is 0.909. The third-order valence-electron chi connectivity index (χ3n) is 2.10. The Hall–Kier alpha value is -0.370. The first kappa shape index (κ1) is 12.6. The van der Waals surface area contributed by atoms with Crippen molar-refractivity contribution in [3.05, 3.63) is 0 Å². The molecule has 0 aromatic carbocycles. The summed E-state index contributed by atoms with van der Waals surface area (Å²) < 4.78 is 0.872. The van der Waals surface area contributed by atoms with Gasteiger partial charge in [-0.25, -0.2) is 0 Å². The molecule has 0 N–H and O–H groups in total. The second-order valence-electron chi connectivity index (χ2n) is 5.41. The Bertz CT molecular complexity index is 167. The zero-order chi connectivity index (χ0) is 10.6. The first-order chi connectivity index (χ1) is 5.72. The van der Waals surface area contributed by atoms with Crippen LogP contribution >= 0.6 is 0 Å². The maximum atomic E-state index is 11.3. The van der Waals surface area contributed by atoms with E-state index in [0.717, 1.165) is 17.4 Å². The van der Waals surface area contributed by atoms with Gasteiger partial charge in [-0.2, -0.15) is 0 Å². The molecule has 13 heavy (non-hydrogen) atoms. The molecule has 0 radical (unpaired) electrons. The van der Waals surface area contributed by atoms with Gasteiger partial charge < -0.3 is 4.48 Å². The van der Waals surface area contributed by atoms with E-state index in [1.165, 1.54) is 0 Å². The Balaban J connectivity index is 4.19. The minimum atomic E-state index is 0.236. The van der Waals surface area contributed by atoms with Crippen LogP contribution in [0.4, 0.5) is 0 Å². The van der Waals surface area contributed by atoms with Gasteiger partial charge >= 0.3 is 0 Å². The summed E-state index contributed by atoms with van der Waals surface area (Å²) in [5, 5.41) is 0. The number of rotatable bonds is 5. The molecule has 1 atom stereocenters. The van der Waals surface area contributed by atoms with E-state index >= 15 is 0 Å². The monoisotopic (exact) mass is 186 g/mol. The highest BCUT2D eigenvalue weighted by molar-refractivity contribution is 5.78. The van der Waals surface area contributed by atoms with E-state index in [0.29, 0.717) is 11.7 Å². The van der Waals surface area contributed by atoms with Gasteiger partial charge in [0.25, 0.3) is 0 Å². The third-order valence-corrected chi connectivity index (χ3v) is 2.10. The molecule has 0 spiro atoms. The Morgan fingerprint density at radius 2 is 1.69 bits per heavy atom. The second kappa shape index (κ2) is 4.75. The van der Waals surface area contributed by atoms with Crippen LogP contribution in [0.1, 0.15) is 27.2 Å². The number of carbonyl (C=O) groups excluding carboxylic acids is 1. The van der Waals surface area contributed by atoms with Crippen molar-refractivity contribution in [2.24, 2.45) is 11.8 Å². The fourth-order valence-electron chi connectivity index (χ4n) is 1.60. The summed E-state index contributed by atoms with van der Waals surface area (Å²) in [4.78, 5) is 11.3. The number of ketones is 1. The highest BCUT2D eigenvalue weighted by atomic mass is 16.1. The lowest BCUT2D eigenvalue weighted by Crippen LogP contribution is -2.41. The van der Waals surface area contributed by atoms with Crippen LogP contribution in [-0.2, 0) is 4.79 Å². The van der Waals surface area contributed by atoms with E-state index in [9.17, 15) is 4.79 Å². The summed E-state index contributed by atoms with van der Waals surface area (Å²) >= 11 is 0. The van der Waals surface area contributed by atoms with E-state index < -0.39 is 0 Å². The highest BCUT2D eigenvalue weighted by Gasteiger charge is 2.22. The standard InChI is InChI=1S/C11H24NO/c1-9(2)7-11(10(3)13)8-12(4,5)6/h9,11H,7-8H2,1-6H3/q+1/t11-/m0/s1. The summed E-state index contributed by atoms with van der Waals surface area (Å²) in [5.41, 5.74) is 0. The van der Waals surface area contributed by atoms with Crippen molar-refractivity contribution >= 4 is 5.78 Å². The van der Waals surface area contributed by atoms with Gasteiger partial charge in [-0.3, -0.25) is 4.79 Å². The topological polar surface area (TPSA) is 17.1 Å². The van der Waals surface area contributed by atoms with Gasteiger partial charge in [0.15, 0.2) is 0 Å². The van der Waals surface area contributed by atoms with Crippen molar-refractivity contribution in [1.82, 2.24) is 0 Å².